The molecule has 0 aliphatic carbocycles. The molecular formula is C9H9BrN2O2S2. The van der Waals surface area contributed by atoms with Gasteiger partial charge in [-0.25, -0.2) is 13.4 Å². The smallest absolute Gasteiger partial charge is 0.196 e. The van der Waals surface area contributed by atoms with Crippen LogP contribution in [0.2, 0.25) is 0 Å². The van der Waals surface area contributed by atoms with E-state index in [2.05, 4.69) is 33.5 Å². The Morgan fingerprint density at radius 1 is 1.50 bits per heavy atom. The number of imidazole rings is 1. The van der Waals surface area contributed by atoms with Crippen LogP contribution < -0.4 is 0 Å². The summed E-state index contributed by atoms with van der Waals surface area (Å²) in [6.07, 6.45) is 1.67. The number of fused-ring (bicyclic) bond motifs is 1. The van der Waals surface area contributed by atoms with Gasteiger partial charge in [-0.05, 0) is 28.1 Å². The van der Waals surface area contributed by atoms with E-state index in [1.54, 1.807) is 25.3 Å². The van der Waals surface area contributed by atoms with E-state index < -0.39 is 9.84 Å². The summed E-state index contributed by atoms with van der Waals surface area (Å²) in [5.41, 5.74) is 0.570. The van der Waals surface area contributed by atoms with Crippen molar-refractivity contribution in [3.05, 3.63) is 22.8 Å². The number of hydrogen-bond donors (Lipinski definition) is 1. The zero-order valence-electron chi connectivity index (χ0n) is 8.38. The van der Waals surface area contributed by atoms with Crippen LogP contribution in [0.4, 0.5) is 0 Å². The van der Waals surface area contributed by atoms with Crippen LogP contribution in [0, 0.1) is 0 Å². The topological polar surface area (TPSA) is 51.4 Å². The van der Waals surface area contributed by atoms with Crippen molar-refractivity contribution in [1.29, 1.82) is 0 Å². The molecule has 86 valence electrons. The number of rotatable bonds is 2. The van der Waals surface area contributed by atoms with Gasteiger partial charge in [-0.1, -0.05) is 6.92 Å². The molecule has 0 aliphatic heterocycles. The number of halogens is 1. The fourth-order valence-electron chi connectivity index (χ4n) is 1.41. The third kappa shape index (κ3) is 1.87. The summed E-state index contributed by atoms with van der Waals surface area (Å²) in [7, 11) is -3.33. The molecule has 2 heterocycles. The van der Waals surface area contributed by atoms with E-state index in [9.17, 15) is 8.42 Å². The zero-order valence-corrected chi connectivity index (χ0v) is 11.7. The molecule has 0 radical (unpaired) electrons. The molecule has 16 heavy (non-hydrogen) atoms. The van der Waals surface area contributed by atoms with E-state index in [-0.39, 0.29) is 15.8 Å². The number of sulfone groups is 1. The molecule has 2 aromatic heterocycles. The van der Waals surface area contributed by atoms with Crippen LogP contribution in [-0.2, 0) is 9.84 Å². The molecule has 0 saturated heterocycles. The van der Waals surface area contributed by atoms with Crippen molar-refractivity contribution in [1.82, 2.24) is 9.38 Å². The average molecular weight is 321 g/mol. The monoisotopic (exact) mass is 320 g/mol. The predicted molar refractivity (Wildman–Crippen MR) is 67.9 cm³/mol. The van der Waals surface area contributed by atoms with Crippen LogP contribution >= 0.6 is 28.6 Å². The van der Waals surface area contributed by atoms with Crippen LogP contribution in [0.25, 0.3) is 5.65 Å². The molecular weight excluding hydrogens is 312 g/mol. The third-order valence-corrected chi connectivity index (χ3v) is 4.87. The standard InChI is InChI=1S/C9H9BrN2O2S2/c1-2-16(13,14)9-8(15)11-7-4-3-6(10)5-12(7)9/h3-5,15H,2H2,1H3. The van der Waals surface area contributed by atoms with E-state index in [0.717, 1.165) is 4.47 Å². The third-order valence-electron chi connectivity index (χ3n) is 2.20. The number of hydrogen-bond acceptors (Lipinski definition) is 4. The van der Waals surface area contributed by atoms with Crippen molar-refractivity contribution in [2.24, 2.45) is 0 Å². The van der Waals surface area contributed by atoms with Crippen LogP contribution in [0.15, 0.2) is 32.9 Å². The number of aromatic nitrogens is 2. The molecule has 0 aromatic carbocycles. The normalized spacial score (nSPS) is 12.2. The Bertz CT molecular complexity index is 649. The Morgan fingerprint density at radius 3 is 2.81 bits per heavy atom. The van der Waals surface area contributed by atoms with E-state index in [1.165, 1.54) is 4.40 Å². The summed E-state index contributed by atoms with van der Waals surface area (Å²) in [5.74, 6) is 0.0286. The Morgan fingerprint density at radius 2 is 2.19 bits per heavy atom. The lowest BCUT2D eigenvalue weighted by molar-refractivity contribution is 0.589. The largest absolute Gasteiger partial charge is 0.288 e. The average Bonchev–Trinajstić information content (AvgIpc) is 2.54. The molecule has 0 atom stereocenters. The number of thiol groups is 1. The fourth-order valence-corrected chi connectivity index (χ4v) is 3.42. The van der Waals surface area contributed by atoms with Gasteiger partial charge in [0.2, 0.25) is 0 Å². The molecule has 0 unspecified atom stereocenters. The van der Waals surface area contributed by atoms with Gasteiger partial charge in [-0.3, -0.25) is 4.40 Å². The Labute approximate surface area is 107 Å². The van der Waals surface area contributed by atoms with Gasteiger partial charge >= 0.3 is 0 Å². The second-order valence-corrected chi connectivity index (χ2v) is 6.75. The first kappa shape index (κ1) is 11.9. The molecule has 0 saturated carbocycles. The maximum Gasteiger partial charge on any atom is 0.196 e. The van der Waals surface area contributed by atoms with Gasteiger partial charge in [0, 0.05) is 10.7 Å². The minimum Gasteiger partial charge on any atom is -0.288 e. The van der Waals surface area contributed by atoms with Crippen LogP contribution in [0.5, 0.6) is 0 Å². The van der Waals surface area contributed by atoms with Gasteiger partial charge in [-0.15, -0.1) is 12.6 Å². The summed E-state index contributed by atoms with van der Waals surface area (Å²) in [4.78, 5) is 4.10. The minimum absolute atomic E-state index is 0.0286. The molecule has 0 N–H and O–H groups in total. The first-order valence-electron chi connectivity index (χ1n) is 4.55. The highest BCUT2D eigenvalue weighted by Gasteiger charge is 2.21. The first-order chi connectivity index (χ1) is 7.45. The van der Waals surface area contributed by atoms with Crippen molar-refractivity contribution in [2.75, 3.05) is 5.75 Å². The zero-order chi connectivity index (χ0) is 11.9. The second kappa shape index (κ2) is 4.05. The highest BCUT2D eigenvalue weighted by Crippen LogP contribution is 2.24. The molecule has 2 rings (SSSR count). The Hall–Kier alpha value is -0.530. The number of pyridine rings is 1. The van der Waals surface area contributed by atoms with Gasteiger partial charge in [0.05, 0.1) is 5.75 Å². The molecule has 0 amide bonds. The summed E-state index contributed by atoms with van der Waals surface area (Å²) in [6.45, 7) is 1.60. The lowest BCUT2D eigenvalue weighted by Gasteiger charge is -2.02. The first-order valence-corrected chi connectivity index (χ1v) is 7.44. The highest BCUT2D eigenvalue weighted by atomic mass is 79.9. The molecule has 7 heteroatoms. The van der Waals surface area contributed by atoms with E-state index in [4.69, 9.17) is 0 Å². The molecule has 2 aromatic rings. The second-order valence-electron chi connectivity index (χ2n) is 3.22. The van der Waals surface area contributed by atoms with Crippen LogP contribution in [-0.4, -0.2) is 23.6 Å². The quantitative estimate of drug-likeness (QED) is 0.863. The molecule has 0 aliphatic rings. The van der Waals surface area contributed by atoms with E-state index in [0.29, 0.717) is 5.65 Å². The van der Waals surface area contributed by atoms with Gasteiger partial charge in [-0.2, -0.15) is 0 Å². The maximum absolute atomic E-state index is 11.9. The van der Waals surface area contributed by atoms with Gasteiger partial charge in [0.1, 0.15) is 10.7 Å². The predicted octanol–water partition coefficient (Wildman–Crippen LogP) is 2.18. The van der Waals surface area contributed by atoms with Crippen molar-refractivity contribution in [2.45, 2.75) is 17.0 Å². The summed E-state index contributed by atoms with van der Waals surface area (Å²) in [5, 5.41) is 0.384. The SMILES string of the molecule is CCS(=O)(=O)c1c(S)nc2ccc(Br)cn12. The highest BCUT2D eigenvalue weighted by molar-refractivity contribution is 9.10. The fraction of sp³-hybridized carbons (Fsp3) is 0.222. The van der Waals surface area contributed by atoms with Crippen molar-refractivity contribution in [3.63, 3.8) is 0 Å². The van der Waals surface area contributed by atoms with Crippen LogP contribution in [0.3, 0.4) is 0 Å². The van der Waals surface area contributed by atoms with E-state index in [1.807, 2.05) is 0 Å². The van der Waals surface area contributed by atoms with Crippen molar-refractivity contribution >= 4 is 44.0 Å². The summed E-state index contributed by atoms with van der Waals surface area (Å²) in [6, 6.07) is 3.54. The molecule has 0 spiro atoms. The Balaban J connectivity index is 2.88. The molecule has 0 fully saturated rings. The van der Waals surface area contributed by atoms with E-state index >= 15 is 0 Å². The van der Waals surface area contributed by atoms with Crippen molar-refractivity contribution < 1.29 is 8.42 Å². The molecule has 4 nitrogen and oxygen atoms in total. The summed E-state index contributed by atoms with van der Waals surface area (Å²) >= 11 is 7.41. The minimum atomic E-state index is -3.33. The van der Waals surface area contributed by atoms with Gasteiger partial charge < -0.3 is 0 Å². The summed E-state index contributed by atoms with van der Waals surface area (Å²) < 4.78 is 26.1. The lowest BCUT2D eigenvalue weighted by Crippen LogP contribution is -2.07. The lowest BCUT2D eigenvalue weighted by atomic mass is 10.5. The van der Waals surface area contributed by atoms with Crippen molar-refractivity contribution in [3.8, 4) is 0 Å². The van der Waals surface area contributed by atoms with Gasteiger partial charge in [0.15, 0.2) is 14.9 Å². The van der Waals surface area contributed by atoms with Crippen LogP contribution in [0.1, 0.15) is 6.92 Å². The maximum atomic E-state index is 11.9. The Kier molecular flexibility index (Phi) is 3.02. The van der Waals surface area contributed by atoms with Gasteiger partial charge in [0.25, 0.3) is 0 Å². The number of nitrogens with zero attached hydrogens (tertiary/aromatic N) is 2. The molecule has 0 bridgehead atoms.